The van der Waals surface area contributed by atoms with Gasteiger partial charge < -0.3 is 10.5 Å². The highest BCUT2D eigenvalue weighted by Crippen LogP contribution is 2.24. The van der Waals surface area contributed by atoms with Crippen molar-refractivity contribution in [1.29, 1.82) is 0 Å². The second kappa shape index (κ2) is 5.66. The Morgan fingerprint density at radius 3 is 2.76 bits per heavy atom. The summed E-state index contributed by atoms with van der Waals surface area (Å²) in [7, 11) is 0. The smallest absolute Gasteiger partial charge is 0.137 e. The van der Waals surface area contributed by atoms with Crippen LogP contribution < -0.4 is 10.5 Å². The minimum Gasteiger partial charge on any atom is -0.490 e. The van der Waals surface area contributed by atoms with Crippen molar-refractivity contribution in [1.82, 2.24) is 4.98 Å². The second-order valence-corrected chi connectivity index (χ2v) is 4.04. The molecule has 1 atom stereocenters. The van der Waals surface area contributed by atoms with Gasteiger partial charge in [0.05, 0.1) is 11.1 Å². The minimum absolute atomic E-state index is 0.208. The molecule has 0 aliphatic heterocycles. The lowest BCUT2D eigenvalue weighted by molar-refractivity contribution is 0.290. The van der Waals surface area contributed by atoms with E-state index in [9.17, 15) is 0 Å². The molecule has 0 spiro atoms. The van der Waals surface area contributed by atoms with Crippen LogP contribution in [0.2, 0.25) is 5.02 Å². The first-order chi connectivity index (χ1) is 8.27. The van der Waals surface area contributed by atoms with Crippen LogP contribution in [-0.2, 0) is 0 Å². The number of aromatic nitrogens is 1. The Morgan fingerprint density at radius 1 is 1.24 bits per heavy atom. The van der Waals surface area contributed by atoms with E-state index < -0.39 is 0 Å². The molecule has 2 N–H and O–H groups in total. The number of pyridine rings is 1. The van der Waals surface area contributed by atoms with E-state index >= 15 is 0 Å². The van der Waals surface area contributed by atoms with Crippen LogP contribution in [0.3, 0.4) is 0 Å². The first kappa shape index (κ1) is 11.9. The predicted octanol–water partition coefficient (Wildman–Crippen LogP) is 2.81. The summed E-state index contributed by atoms with van der Waals surface area (Å²) in [6, 6.07) is 10.9. The molecule has 4 heteroatoms. The van der Waals surface area contributed by atoms with Gasteiger partial charge in [-0.2, -0.15) is 0 Å². The fraction of sp³-hybridized carbons (Fsp3) is 0.154. The van der Waals surface area contributed by atoms with Crippen LogP contribution in [0.25, 0.3) is 0 Å². The Labute approximate surface area is 105 Å². The molecule has 2 rings (SSSR count). The molecule has 1 aromatic carbocycles. The zero-order valence-corrected chi connectivity index (χ0v) is 9.97. The molecule has 1 aromatic heterocycles. The summed E-state index contributed by atoms with van der Waals surface area (Å²) in [6.45, 7) is 0.370. The third kappa shape index (κ3) is 3.19. The first-order valence-electron chi connectivity index (χ1n) is 5.30. The molecule has 1 unspecified atom stereocenters. The van der Waals surface area contributed by atoms with Gasteiger partial charge in [-0.1, -0.05) is 29.8 Å². The van der Waals surface area contributed by atoms with Gasteiger partial charge in [0.25, 0.3) is 0 Å². The highest BCUT2D eigenvalue weighted by atomic mass is 35.5. The average molecular weight is 249 g/mol. The Kier molecular flexibility index (Phi) is 3.96. The van der Waals surface area contributed by atoms with Crippen molar-refractivity contribution in [2.75, 3.05) is 6.61 Å². The van der Waals surface area contributed by atoms with Crippen LogP contribution in [0, 0.1) is 0 Å². The van der Waals surface area contributed by atoms with Crippen molar-refractivity contribution in [3.63, 3.8) is 0 Å². The fourth-order valence-electron chi connectivity index (χ4n) is 1.43. The Balaban J connectivity index is 1.97. The van der Waals surface area contributed by atoms with E-state index in [4.69, 9.17) is 22.1 Å². The van der Waals surface area contributed by atoms with E-state index in [-0.39, 0.29) is 6.04 Å². The molecule has 0 saturated heterocycles. The van der Waals surface area contributed by atoms with E-state index in [2.05, 4.69) is 4.98 Å². The molecule has 17 heavy (non-hydrogen) atoms. The van der Waals surface area contributed by atoms with Gasteiger partial charge in [0.2, 0.25) is 0 Å². The molecule has 0 bridgehead atoms. The number of hydrogen-bond acceptors (Lipinski definition) is 3. The fourth-order valence-corrected chi connectivity index (χ4v) is 1.62. The average Bonchev–Trinajstić information content (AvgIpc) is 2.38. The van der Waals surface area contributed by atoms with Crippen molar-refractivity contribution in [3.05, 3.63) is 59.4 Å². The summed E-state index contributed by atoms with van der Waals surface area (Å²) < 4.78 is 5.57. The summed E-state index contributed by atoms with van der Waals surface area (Å²) in [6.07, 6.45) is 3.45. The highest BCUT2D eigenvalue weighted by molar-refractivity contribution is 6.32. The number of halogens is 1. The van der Waals surface area contributed by atoms with Crippen molar-refractivity contribution in [2.45, 2.75) is 6.04 Å². The molecule has 0 aliphatic carbocycles. The van der Waals surface area contributed by atoms with E-state index in [1.165, 1.54) is 0 Å². The van der Waals surface area contributed by atoms with Gasteiger partial charge in [-0.25, -0.2) is 0 Å². The quantitative estimate of drug-likeness (QED) is 0.905. The minimum atomic E-state index is -0.208. The summed E-state index contributed by atoms with van der Waals surface area (Å²) in [5.41, 5.74) is 6.93. The maximum atomic E-state index is 5.98. The standard InChI is InChI=1S/C13H13ClN2O/c14-11-5-1-2-6-13(11)17-9-12(15)10-4-3-7-16-8-10/h1-8,12H,9,15H2. The number of hydrogen-bond donors (Lipinski definition) is 1. The van der Waals surface area contributed by atoms with Crippen LogP contribution >= 0.6 is 11.6 Å². The largest absolute Gasteiger partial charge is 0.490 e. The maximum absolute atomic E-state index is 5.98. The lowest BCUT2D eigenvalue weighted by atomic mass is 10.1. The number of ether oxygens (including phenoxy) is 1. The SMILES string of the molecule is NC(COc1ccccc1Cl)c1cccnc1. The van der Waals surface area contributed by atoms with Crippen LogP contribution in [-0.4, -0.2) is 11.6 Å². The molecule has 0 saturated carbocycles. The molecule has 0 fully saturated rings. The summed E-state index contributed by atoms with van der Waals surface area (Å²) in [5.74, 6) is 0.647. The number of rotatable bonds is 4. The van der Waals surface area contributed by atoms with E-state index in [1.807, 2.05) is 30.3 Å². The number of nitrogens with zero attached hydrogens (tertiary/aromatic N) is 1. The zero-order chi connectivity index (χ0) is 12.1. The van der Waals surface area contributed by atoms with Crippen LogP contribution in [0.5, 0.6) is 5.75 Å². The van der Waals surface area contributed by atoms with Crippen molar-refractivity contribution >= 4 is 11.6 Å². The van der Waals surface area contributed by atoms with E-state index in [0.717, 1.165) is 5.56 Å². The number of nitrogens with two attached hydrogens (primary N) is 1. The normalized spacial score (nSPS) is 12.1. The van der Waals surface area contributed by atoms with Gasteiger partial charge >= 0.3 is 0 Å². The molecule has 0 aliphatic rings. The topological polar surface area (TPSA) is 48.1 Å². The molecule has 0 amide bonds. The summed E-state index contributed by atoms with van der Waals surface area (Å²) >= 11 is 5.98. The van der Waals surface area contributed by atoms with Gasteiger partial charge in [0.15, 0.2) is 0 Å². The monoisotopic (exact) mass is 248 g/mol. The van der Waals surface area contributed by atoms with Crippen LogP contribution in [0.15, 0.2) is 48.8 Å². The molecular weight excluding hydrogens is 236 g/mol. The van der Waals surface area contributed by atoms with Gasteiger partial charge in [0.1, 0.15) is 12.4 Å². The Hall–Kier alpha value is -1.58. The molecule has 88 valence electrons. The van der Waals surface area contributed by atoms with E-state index in [0.29, 0.717) is 17.4 Å². The molecule has 0 radical (unpaired) electrons. The molecular formula is C13H13ClN2O. The summed E-state index contributed by atoms with van der Waals surface area (Å²) in [5, 5.41) is 0.589. The van der Waals surface area contributed by atoms with Crippen molar-refractivity contribution in [3.8, 4) is 5.75 Å². The first-order valence-corrected chi connectivity index (χ1v) is 5.68. The molecule has 1 heterocycles. The highest BCUT2D eigenvalue weighted by Gasteiger charge is 2.07. The lowest BCUT2D eigenvalue weighted by Gasteiger charge is -2.13. The second-order valence-electron chi connectivity index (χ2n) is 3.63. The van der Waals surface area contributed by atoms with Gasteiger partial charge in [-0.3, -0.25) is 4.98 Å². The van der Waals surface area contributed by atoms with Gasteiger partial charge in [-0.15, -0.1) is 0 Å². The molecule has 3 nitrogen and oxygen atoms in total. The number of para-hydroxylation sites is 1. The zero-order valence-electron chi connectivity index (χ0n) is 9.21. The third-order valence-electron chi connectivity index (χ3n) is 2.37. The lowest BCUT2D eigenvalue weighted by Crippen LogP contribution is -2.19. The van der Waals surface area contributed by atoms with Crippen molar-refractivity contribution < 1.29 is 4.74 Å². The van der Waals surface area contributed by atoms with E-state index in [1.54, 1.807) is 18.5 Å². The molecule has 2 aromatic rings. The van der Waals surface area contributed by atoms with Crippen LogP contribution in [0.4, 0.5) is 0 Å². The Bertz CT molecular complexity index is 476. The van der Waals surface area contributed by atoms with Gasteiger partial charge in [-0.05, 0) is 23.8 Å². The van der Waals surface area contributed by atoms with Crippen LogP contribution in [0.1, 0.15) is 11.6 Å². The van der Waals surface area contributed by atoms with Crippen molar-refractivity contribution in [2.24, 2.45) is 5.73 Å². The Morgan fingerprint density at radius 2 is 2.06 bits per heavy atom. The number of benzene rings is 1. The predicted molar refractivity (Wildman–Crippen MR) is 68.1 cm³/mol. The summed E-state index contributed by atoms with van der Waals surface area (Å²) in [4.78, 5) is 4.02. The van der Waals surface area contributed by atoms with Gasteiger partial charge in [0, 0.05) is 12.4 Å². The maximum Gasteiger partial charge on any atom is 0.137 e. The third-order valence-corrected chi connectivity index (χ3v) is 2.68.